The van der Waals surface area contributed by atoms with Gasteiger partial charge < -0.3 is 10.1 Å². The number of hydrogen-bond acceptors (Lipinski definition) is 3. The molecule has 1 aliphatic rings. The highest BCUT2D eigenvalue weighted by Gasteiger charge is 2.42. The van der Waals surface area contributed by atoms with Gasteiger partial charge in [0, 0.05) is 6.42 Å². The first kappa shape index (κ1) is 19.1. The van der Waals surface area contributed by atoms with Crippen LogP contribution >= 0.6 is 0 Å². The monoisotopic (exact) mass is 367 g/mol. The quantitative estimate of drug-likeness (QED) is 0.546. The van der Waals surface area contributed by atoms with Crippen molar-refractivity contribution in [2.24, 2.45) is 0 Å². The zero-order chi connectivity index (χ0) is 19.1. The normalized spacial score (nSPS) is 16.8. The third-order valence-electron chi connectivity index (χ3n) is 4.77. The fourth-order valence-electron chi connectivity index (χ4n) is 3.23. The first-order chi connectivity index (χ1) is 13.2. The molecule has 1 atom stereocenters. The van der Waals surface area contributed by atoms with Gasteiger partial charge in [0.15, 0.2) is 6.04 Å². The Kier molecular flexibility index (Phi) is 6.60. The average molecular weight is 367 g/mol. The molecule has 3 rings (SSSR count). The van der Waals surface area contributed by atoms with Crippen molar-refractivity contribution < 1.29 is 19.6 Å². The first-order valence-corrected chi connectivity index (χ1v) is 9.66. The predicted molar refractivity (Wildman–Crippen MR) is 105 cm³/mol. The van der Waals surface area contributed by atoms with E-state index >= 15 is 0 Å². The molecular weight excluding hydrogens is 340 g/mol. The summed E-state index contributed by atoms with van der Waals surface area (Å²) in [4.78, 5) is 26.4. The van der Waals surface area contributed by atoms with Crippen LogP contribution in [0, 0.1) is 0 Å². The number of nitrogens with zero attached hydrogens (tertiary/aromatic N) is 1. The van der Waals surface area contributed by atoms with Gasteiger partial charge in [0.2, 0.25) is 5.91 Å². The zero-order valence-electron chi connectivity index (χ0n) is 15.8. The van der Waals surface area contributed by atoms with E-state index < -0.39 is 0 Å². The van der Waals surface area contributed by atoms with Crippen molar-refractivity contribution in [2.75, 3.05) is 18.1 Å². The highest BCUT2D eigenvalue weighted by atomic mass is 16.5. The van der Waals surface area contributed by atoms with Gasteiger partial charge in [0.25, 0.3) is 5.91 Å². The molecule has 2 aromatic carbocycles. The molecule has 0 aromatic heterocycles. The van der Waals surface area contributed by atoms with Crippen LogP contribution in [0.15, 0.2) is 54.6 Å². The number of carbonyl (C=O) groups is 2. The summed E-state index contributed by atoms with van der Waals surface area (Å²) in [6.07, 6.45) is 3.22. The van der Waals surface area contributed by atoms with Gasteiger partial charge in [0.05, 0.1) is 25.3 Å². The molecule has 0 aliphatic carbocycles. The third-order valence-corrected chi connectivity index (χ3v) is 4.77. The smallest absolute Gasteiger partial charge is 0.292 e. The summed E-state index contributed by atoms with van der Waals surface area (Å²) in [7, 11) is 0. The van der Waals surface area contributed by atoms with Crippen LogP contribution in [0.5, 0.6) is 5.75 Å². The summed E-state index contributed by atoms with van der Waals surface area (Å²) in [6.45, 7) is 3.58. The van der Waals surface area contributed by atoms with Gasteiger partial charge >= 0.3 is 0 Å². The minimum atomic E-state index is -0.332. The maximum Gasteiger partial charge on any atom is 0.292 e. The van der Waals surface area contributed by atoms with Gasteiger partial charge in [-0.2, -0.15) is 0 Å². The lowest BCUT2D eigenvalue weighted by Gasteiger charge is -2.15. The second-order valence-corrected chi connectivity index (χ2v) is 6.83. The zero-order valence-corrected chi connectivity index (χ0v) is 15.8. The second kappa shape index (κ2) is 9.33. The largest absolute Gasteiger partial charge is 0.494 e. The Morgan fingerprint density at radius 1 is 1.07 bits per heavy atom. The predicted octanol–water partition coefficient (Wildman–Crippen LogP) is 2.30. The van der Waals surface area contributed by atoms with Crippen LogP contribution in [0.2, 0.25) is 0 Å². The fraction of sp³-hybridized carbons (Fsp3) is 0.364. The van der Waals surface area contributed by atoms with Crippen molar-refractivity contribution in [2.45, 2.75) is 38.6 Å². The van der Waals surface area contributed by atoms with Crippen LogP contribution in [0.4, 0.5) is 5.69 Å². The van der Waals surface area contributed by atoms with E-state index in [0.29, 0.717) is 12.3 Å². The van der Waals surface area contributed by atoms with Crippen molar-refractivity contribution in [3.63, 3.8) is 0 Å². The van der Waals surface area contributed by atoms with Crippen LogP contribution in [-0.4, -0.2) is 31.0 Å². The molecule has 2 amide bonds. The van der Waals surface area contributed by atoms with Gasteiger partial charge in [-0.1, -0.05) is 43.7 Å². The second-order valence-electron chi connectivity index (χ2n) is 6.83. The summed E-state index contributed by atoms with van der Waals surface area (Å²) in [5, 5.41) is 1.98. The number of benzene rings is 2. The number of nitrogens with two attached hydrogens (primary N) is 1. The molecule has 142 valence electrons. The van der Waals surface area contributed by atoms with Crippen LogP contribution < -0.4 is 15.0 Å². The highest BCUT2D eigenvalue weighted by Crippen LogP contribution is 2.24. The van der Waals surface area contributed by atoms with Crippen LogP contribution in [-0.2, 0) is 16.0 Å². The standard InChI is InChI=1S/C22H26N2O3/c1-2-3-15-27-19-11-9-18(10-12-19)24-21(25)16-20(22(24)26)23-14-13-17-7-5-4-6-8-17/h4-12,20,23H,2-3,13-16H2,1H3/p+1/t20-/m1/s1. The number of rotatable bonds is 9. The van der Waals surface area contributed by atoms with E-state index in [9.17, 15) is 9.59 Å². The van der Waals surface area contributed by atoms with Crippen LogP contribution in [0.3, 0.4) is 0 Å². The molecule has 5 heteroatoms. The van der Waals surface area contributed by atoms with Crippen LogP contribution in [0.25, 0.3) is 0 Å². The van der Waals surface area contributed by atoms with E-state index in [-0.39, 0.29) is 24.3 Å². The molecule has 5 nitrogen and oxygen atoms in total. The lowest BCUT2D eigenvalue weighted by atomic mass is 10.1. The Bertz CT molecular complexity index is 759. The Morgan fingerprint density at radius 3 is 2.52 bits per heavy atom. The third kappa shape index (κ3) is 4.95. The number of quaternary nitrogens is 1. The number of amides is 2. The van der Waals surface area contributed by atoms with E-state index in [4.69, 9.17) is 4.74 Å². The molecule has 0 spiro atoms. The van der Waals surface area contributed by atoms with Crippen LogP contribution in [0.1, 0.15) is 31.7 Å². The number of ether oxygens (including phenoxy) is 1. The molecule has 1 fully saturated rings. The van der Waals surface area contributed by atoms with Crippen molar-refractivity contribution in [1.29, 1.82) is 0 Å². The Labute approximate surface area is 160 Å². The van der Waals surface area contributed by atoms with Crippen molar-refractivity contribution >= 4 is 17.5 Å². The Hall–Kier alpha value is -2.66. The molecule has 0 unspecified atom stereocenters. The van der Waals surface area contributed by atoms with Gasteiger partial charge in [0.1, 0.15) is 5.75 Å². The fourth-order valence-corrected chi connectivity index (χ4v) is 3.23. The molecule has 1 aliphatic heterocycles. The van der Waals surface area contributed by atoms with E-state index in [0.717, 1.165) is 31.6 Å². The maximum absolute atomic E-state index is 12.7. The topological polar surface area (TPSA) is 63.2 Å². The van der Waals surface area contributed by atoms with Gasteiger partial charge in [-0.15, -0.1) is 0 Å². The molecule has 0 saturated carbocycles. The first-order valence-electron chi connectivity index (χ1n) is 9.66. The minimum absolute atomic E-state index is 0.132. The number of anilines is 1. The summed E-state index contributed by atoms with van der Waals surface area (Å²) < 4.78 is 5.64. The lowest BCUT2D eigenvalue weighted by molar-refractivity contribution is -0.674. The molecule has 0 radical (unpaired) electrons. The summed E-state index contributed by atoms with van der Waals surface area (Å²) in [5.41, 5.74) is 1.85. The molecule has 2 aromatic rings. The van der Waals surface area contributed by atoms with E-state index in [1.54, 1.807) is 12.1 Å². The maximum atomic E-state index is 12.7. The summed E-state index contributed by atoms with van der Waals surface area (Å²) in [6, 6.07) is 17.0. The molecule has 2 N–H and O–H groups in total. The molecule has 1 saturated heterocycles. The van der Waals surface area contributed by atoms with Gasteiger partial charge in [-0.3, -0.25) is 9.59 Å². The van der Waals surface area contributed by atoms with Crippen molar-refractivity contribution in [3.05, 3.63) is 60.2 Å². The minimum Gasteiger partial charge on any atom is -0.494 e. The lowest BCUT2D eigenvalue weighted by Crippen LogP contribution is -2.92. The number of unbranched alkanes of at least 4 members (excludes halogenated alkanes) is 1. The summed E-state index contributed by atoms with van der Waals surface area (Å²) >= 11 is 0. The number of imide groups is 1. The van der Waals surface area contributed by atoms with Crippen molar-refractivity contribution in [3.8, 4) is 5.75 Å². The highest BCUT2D eigenvalue weighted by molar-refractivity contribution is 6.21. The Balaban J connectivity index is 1.55. The SMILES string of the molecule is CCCCOc1ccc(N2C(=O)C[C@@H]([NH2+]CCc3ccccc3)C2=O)cc1. The molecule has 27 heavy (non-hydrogen) atoms. The number of carbonyl (C=O) groups excluding carboxylic acids is 2. The van der Waals surface area contributed by atoms with Gasteiger partial charge in [-0.05, 0) is 36.2 Å². The molecular formula is C22H27N2O3+. The van der Waals surface area contributed by atoms with E-state index in [2.05, 4.69) is 19.1 Å². The summed E-state index contributed by atoms with van der Waals surface area (Å²) in [5.74, 6) is 0.491. The van der Waals surface area contributed by atoms with E-state index in [1.165, 1.54) is 10.5 Å². The Morgan fingerprint density at radius 2 is 1.81 bits per heavy atom. The molecule has 0 bridgehead atoms. The molecule has 1 heterocycles. The van der Waals surface area contributed by atoms with Gasteiger partial charge in [-0.25, -0.2) is 4.90 Å². The number of hydrogen-bond donors (Lipinski definition) is 1. The average Bonchev–Trinajstić information content (AvgIpc) is 2.97. The van der Waals surface area contributed by atoms with Crippen molar-refractivity contribution in [1.82, 2.24) is 0 Å². The van der Waals surface area contributed by atoms with E-state index in [1.807, 2.05) is 35.6 Å².